The third-order valence-electron chi connectivity index (χ3n) is 4.09. The van der Waals surface area contributed by atoms with Crippen molar-refractivity contribution in [2.45, 2.75) is 41.5 Å². The maximum absolute atomic E-state index is 11.9. The molecular formula is C20H29N5O2. The van der Waals surface area contributed by atoms with Gasteiger partial charge in [0.1, 0.15) is 6.33 Å². The minimum atomic E-state index is -0.394. The highest BCUT2D eigenvalue weighted by Crippen LogP contribution is 2.35. The number of hydrogen-bond acceptors (Lipinski definition) is 6. The first-order valence-corrected chi connectivity index (χ1v) is 9.27. The predicted molar refractivity (Wildman–Crippen MR) is 110 cm³/mol. The summed E-state index contributed by atoms with van der Waals surface area (Å²) < 4.78 is 0. The van der Waals surface area contributed by atoms with E-state index in [9.17, 15) is 10.1 Å². The quantitative estimate of drug-likeness (QED) is 0.527. The van der Waals surface area contributed by atoms with Crippen molar-refractivity contribution in [3.63, 3.8) is 0 Å². The van der Waals surface area contributed by atoms with Gasteiger partial charge in [0.05, 0.1) is 4.92 Å². The Hall–Kier alpha value is -2.70. The molecule has 1 aromatic heterocycles. The van der Waals surface area contributed by atoms with Gasteiger partial charge in [-0.3, -0.25) is 10.1 Å². The molecule has 146 valence electrons. The van der Waals surface area contributed by atoms with Gasteiger partial charge in [-0.1, -0.05) is 45.4 Å². The Kier molecular flexibility index (Phi) is 6.71. The van der Waals surface area contributed by atoms with Gasteiger partial charge in [0.2, 0.25) is 11.6 Å². The molecule has 0 aliphatic heterocycles. The van der Waals surface area contributed by atoms with Gasteiger partial charge in [0.15, 0.2) is 0 Å². The van der Waals surface area contributed by atoms with Gasteiger partial charge >= 0.3 is 5.69 Å². The van der Waals surface area contributed by atoms with E-state index < -0.39 is 4.92 Å². The van der Waals surface area contributed by atoms with Crippen molar-refractivity contribution in [2.75, 3.05) is 23.3 Å². The number of anilines is 3. The summed E-state index contributed by atoms with van der Waals surface area (Å²) in [6, 6.07) is 5.91. The molecule has 0 bridgehead atoms. The lowest BCUT2D eigenvalue weighted by molar-refractivity contribution is -0.383. The van der Waals surface area contributed by atoms with E-state index >= 15 is 0 Å². The molecule has 0 aliphatic rings. The van der Waals surface area contributed by atoms with Crippen molar-refractivity contribution in [1.82, 2.24) is 9.97 Å². The Labute approximate surface area is 161 Å². The van der Waals surface area contributed by atoms with Crippen LogP contribution in [0.2, 0.25) is 0 Å². The second-order valence-electron chi connectivity index (χ2n) is 7.79. The number of nitro groups is 1. The second-order valence-corrected chi connectivity index (χ2v) is 7.79. The van der Waals surface area contributed by atoms with Crippen LogP contribution < -0.4 is 10.2 Å². The molecule has 0 fully saturated rings. The molecule has 27 heavy (non-hydrogen) atoms. The average molecular weight is 371 g/mol. The first-order chi connectivity index (χ1) is 12.7. The molecule has 0 saturated carbocycles. The number of hydrogen-bond donors (Lipinski definition) is 1. The van der Waals surface area contributed by atoms with Crippen molar-refractivity contribution >= 4 is 23.0 Å². The summed E-state index contributed by atoms with van der Waals surface area (Å²) in [5.41, 5.74) is 2.85. The molecule has 0 spiro atoms. The maximum atomic E-state index is 11.9. The van der Waals surface area contributed by atoms with E-state index in [1.165, 1.54) is 6.33 Å². The lowest BCUT2D eigenvalue weighted by Gasteiger charge is -2.27. The molecule has 0 atom stereocenters. The molecular weight excluding hydrogens is 342 g/mol. The molecule has 1 aromatic carbocycles. The van der Waals surface area contributed by atoms with E-state index in [1.807, 2.05) is 36.9 Å². The van der Waals surface area contributed by atoms with Crippen molar-refractivity contribution in [2.24, 2.45) is 11.8 Å². The van der Waals surface area contributed by atoms with Crippen LogP contribution in [0.4, 0.5) is 23.0 Å². The fraction of sp³-hybridized carbons (Fsp3) is 0.500. The first kappa shape index (κ1) is 20.6. The Bertz CT molecular complexity index is 795. The molecule has 2 aromatic rings. The van der Waals surface area contributed by atoms with Crippen LogP contribution >= 0.6 is 0 Å². The molecule has 0 aliphatic carbocycles. The maximum Gasteiger partial charge on any atom is 0.353 e. The summed E-state index contributed by atoms with van der Waals surface area (Å²) >= 11 is 0. The third kappa shape index (κ3) is 5.39. The summed E-state index contributed by atoms with van der Waals surface area (Å²) in [6.45, 7) is 13.7. The van der Waals surface area contributed by atoms with Crippen LogP contribution in [0.5, 0.6) is 0 Å². The van der Waals surface area contributed by atoms with Gasteiger partial charge in [-0.25, -0.2) is 9.97 Å². The highest BCUT2D eigenvalue weighted by atomic mass is 16.6. The van der Waals surface area contributed by atoms with Crippen molar-refractivity contribution in [3.05, 3.63) is 45.8 Å². The molecule has 7 heteroatoms. The smallest absolute Gasteiger partial charge is 0.350 e. The molecule has 0 radical (unpaired) electrons. The van der Waals surface area contributed by atoms with Crippen molar-refractivity contribution < 1.29 is 4.92 Å². The standard InChI is InChI=1S/C20H29N5O2/c1-13(2)10-24(11-14(3)4)20-18(25(26)27)19(21-12-22-20)23-17-8-7-15(5)9-16(17)6/h7-9,12-14H,10-11H2,1-6H3,(H,21,22,23). The molecule has 1 heterocycles. The van der Waals surface area contributed by atoms with Gasteiger partial charge in [0, 0.05) is 18.8 Å². The number of benzene rings is 1. The van der Waals surface area contributed by atoms with Gasteiger partial charge in [-0.05, 0) is 37.3 Å². The highest BCUT2D eigenvalue weighted by molar-refractivity contribution is 5.75. The first-order valence-electron chi connectivity index (χ1n) is 9.27. The van der Waals surface area contributed by atoms with E-state index in [2.05, 4.69) is 43.0 Å². The Morgan fingerprint density at radius 3 is 2.26 bits per heavy atom. The van der Waals surface area contributed by atoms with Crippen molar-refractivity contribution in [3.8, 4) is 0 Å². The zero-order valence-electron chi connectivity index (χ0n) is 17.0. The van der Waals surface area contributed by atoms with Gasteiger partial charge in [-0.15, -0.1) is 0 Å². The fourth-order valence-electron chi connectivity index (χ4n) is 3.07. The van der Waals surface area contributed by atoms with Crippen LogP contribution in [0.15, 0.2) is 24.5 Å². The van der Waals surface area contributed by atoms with Crippen LogP contribution in [0.3, 0.4) is 0 Å². The van der Waals surface area contributed by atoms with Gasteiger partial charge in [-0.2, -0.15) is 0 Å². The Balaban J connectivity index is 2.50. The fourth-order valence-corrected chi connectivity index (χ4v) is 3.07. The monoisotopic (exact) mass is 371 g/mol. The number of aromatic nitrogens is 2. The zero-order valence-corrected chi connectivity index (χ0v) is 17.0. The van der Waals surface area contributed by atoms with E-state index in [4.69, 9.17) is 0 Å². The normalized spacial score (nSPS) is 11.1. The number of rotatable bonds is 8. The molecule has 0 saturated heterocycles. The predicted octanol–water partition coefficient (Wildman–Crippen LogP) is 4.86. The summed E-state index contributed by atoms with van der Waals surface area (Å²) in [5, 5.41) is 15.0. The lowest BCUT2D eigenvalue weighted by Crippen LogP contribution is -2.32. The minimum Gasteiger partial charge on any atom is -0.350 e. The summed E-state index contributed by atoms with van der Waals surface area (Å²) in [4.78, 5) is 21.9. The Morgan fingerprint density at radius 2 is 1.74 bits per heavy atom. The van der Waals surface area contributed by atoms with E-state index in [-0.39, 0.29) is 11.5 Å². The van der Waals surface area contributed by atoms with E-state index in [1.54, 1.807) is 0 Å². The Morgan fingerprint density at radius 1 is 1.11 bits per heavy atom. The second kappa shape index (κ2) is 8.79. The van der Waals surface area contributed by atoms with Crippen molar-refractivity contribution in [1.29, 1.82) is 0 Å². The molecule has 7 nitrogen and oxygen atoms in total. The lowest BCUT2D eigenvalue weighted by atomic mass is 10.1. The SMILES string of the molecule is Cc1ccc(Nc2ncnc(N(CC(C)C)CC(C)C)c2[N+](=O)[O-])c(C)c1. The number of nitrogens with one attached hydrogen (secondary N) is 1. The van der Waals surface area contributed by atoms with Crippen LogP contribution in [-0.4, -0.2) is 28.0 Å². The van der Waals surface area contributed by atoms with Crippen LogP contribution in [-0.2, 0) is 0 Å². The molecule has 0 unspecified atom stereocenters. The average Bonchev–Trinajstić information content (AvgIpc) is 2.55. The van der Waals surface area contributed by atoms with Gasteiger partial charge < -0.3 is 10.2 Å². The molecule has 0 amide bonds. The molecule has 2 rings (SSSR count). The van der Waals surface area contributed by atoms with Crippen LogP contribution in [0.25, 0.3) is 0 Å². The van der Waals surface area contributed by atoms with E-state index in [0.29, 0.717) is 30.7 Å². The summed E-state index contributed by atoms with van der Waals surface area (Å²) in [5.74, 6) is 1.29. The zero-order chi connectivity index (χ0) is 20.1. The third-order valence-corrected chi connectivity index (χ3v) is 4.09. The van der Waals surface area contributed by atoms with Crippen LogP contribution in [0, 0.1) is 35.8 Å². The largest absolute Gasteiger partial charge is 0.353 e. The number of nitrogens with zero attached hydrogens (tertiary/aromatic N) is 4. The highest BCUT2D eigenvalue weighted by Gasteiger charge is 2.28. The van der Waals surface area contributed by atoms with Crippen LogP contribution in [0.1, 0.15) is 38.8 Å². The topological polar surface area (TPSA) is 84.2 Å². The van der Waals surface area contributed by atoms with E-state index in [0.717, 1.165) is 16.8 Å². The van der Waals surface area contributed by atoms with Gasteiger partial charge in [0.25, 0.3) is 0 Å². The minimum absolute atomic E-state index is 0.0845. The molecule has 1 N–H and O–H groups in total. The number of aryl methyl sites for hydroxylation is 2. The summed E-state index contributed by atoms with van der Waals surface area (Å²) in [6.07, 6.45) is 1.39. The summed E-state index contributed by atoms with van der Waals surface area (Å²) in [7, 11) is 0.